The van der Waals surface area contributed by atoms with Gasteiger partial charge in [-0.2, -0.15) is 0 Å². The fraction of sp³-hybridized carbons (Fsp3) is 0.688. The second-order valence-corrected chi connectivity index (χ2v) is 7.63. The van der Waals surface area contributed by atoms with Crippen molar-refractivity contribution < 1.29 is 0 Å². The van der Waals surface area contributed by atoms with E-state index < -0.39 is 0 Å². The normalized spacial score (nSPS) is 30.7. The molecule has 19 heavy (non-hydrogen) atoms. The minimum Gasteiger partial charge on any atom is -0.351 e. The van der Waals surface area contributed by atoms with E-state index in [2.05, 4.69) is 37.8 Å². The predicted molar refractivity (Wildman–Crippen MR) is 81.1 cm³/mol. The molecule has 0 radical (unpaired) electrons. The number of aromatic nitrogens is 1. The lowest BCUT2D eigenvalue weighted by molar-refractivity contribution is 0.470. The van der Waals surface area contributed by atoms with Crippen LogP contribution in [0.5, 0.6) is 0 Å². The molecule has 2 saturated heterocycles. The van der Waals surface area contributed by atoms with Gasteiger partial charge in [-0.1, -0.05) is 26.8 Å². The lowest BCUT2D eigenvalue weighted by atomic mass is 9.88. The van der Waals surface area contributed by atoms with E-state index in [1.54, 1.807) is 0 Å². The van der Waals surface area contributed by atoms with Crippen molar-refractivity contribution in [2.75, 3.05) is 4.90 Å². The van der Waals surface area contributed by atoms with E-state index in [4.69, 9.17) is 16.6 Å². The maximum absolute atomic E-state index is 6.34. The number of piperidine rings is 1. The van der Waals surface area contributed by atoms with Gasteiger partial charge in [-0.05, 0) is 42.7 Å². The lowest BCUT2D eigenvalue weighted by Gasteiger charge is -2.38. The van der Waals surface area contributed by atoms with Crippen molar-refractivity contribution >= 4 is 17.4 Å². The second kappa shape index (κ2) is 4.66. The summed E-state index contributed by atoms with van der Waals surface area (Å²) in [5.74, 6) is 1.14. The fourth-order valence-electron chi connectivity index (χ4n) is 3.47. The monoisotopic (exact) mass is 278 g/mol. The lowest BCUT2D eigenvalue weighted by Crippen LogP contribution is -2.43. The van der Waals surface area contributed by atoms with Gasteiger partial charge in [0.15, 0.2) is 0 Å². The molecule has 3 heterocycles. The first kappa shape index (κ1) is 13.2. The number of rotatable bonds is 1. The molecular formula is C16H23ClN2. The second-order valence-electron chi connectivity index (χ2n) is 7.02. The van der Waals surface area contributed by atoms with Gasteiger partial charge in [-0.3, -0.25) is 0 Å². The topological polar surface area (TPSA) is 16.1 Å². The van der Waals surface area contributed by atoms with Crippen LogP contribution in [0.1, 0.15) is 52.0 Å². The van der Waals surface area contributed by atoms with Crippen LogP contribution in [-0.2, 0) is 5.41 Å². The molecule has 2 nitrogen and oxygen atoms in total. The highest BCUT2D eigenvalue weighted by molar-refractivity contribution is 6.20. The van der Waals surface area contributed by atoms with Crippen LogP contribution >= 0.6 is 11.6 Å². The van der Waals surface area contributed by atoms with Crippen LogP contribution in [0.25, 0.3) is 0 Å². The third-order valence-electron chi connectivity index (χ3n) is 4.55. The van der Waals surface area contributed by atoms with Gasteiger partial charge in [0, 0.05) is 23.7 Å². The smallest absolute Gasteiger partial charge is 0.128 e. The molecule has 3 heteroatoms. The number of hydrogen-bond donors (Lipinski definition) is 0. The van der Waals surface area contributed by atoms with Gasteiger partial charge in [0.05, 0.1) is 0 Å². The van der Waals surface area contributed by atoms with Gasteiger partial charge >= 0.3 is 0 Å². The maximum Gasteiger partial charge on any atom is 0.128 e. The Kier molecular flexibility index (Phi) is 3.24. The summed E-state index contributed by atoms with van der Waals surface area (Å²) in [7, 11) is 0. The minimum absolute atomic E-state index is 0.174. The van der Waals surface area contributed by atoms with E-state index in [-0.39, 0.29) is 5.41 Å². The van der Waals surface area contributed by atoms with E-state index in [0.29, 0.717) is 17.5 Å². The Morgan fingerprint density at radius 1 is 1.16 bits per heavy atom. The third kappa shape index (κ3) is 2.47. The van der Waals surface area contributed by atoms with Crippen molar-refractivity contribution in [3.05, 3.63) is 23.9 Å². The summed E-state index contributed by atoms with van der Waals surface area (Å²) in [5, 5.41) is 0.364. The highest BCUT2D eigenvalue weighted by atomic mass is 35.5. The van der Waals surface area contributed by atoms with Gasteiger partial charge in [0.1, 0.15) is 5.82 Å². The molecule has 2 atom stereocenters. The third-order valence-corrected chi connectivity index (χ3v) is 4.91. The molecule has 2 fully saturated rings. The Morgan fingerprint density at radius 2 is 1.79 bits per heavy atom. The zero-order chi connectivity index (χ0) is 13.6. The summed E-state index contributed by atoms with van der Waals surface area (Å²) in [4.78, 5) is 7.24. The molecule has 0 saturated carbocycles. The average Bonchev–Trinajstić information content (AvgIpc) is 2.61. The summed E-state index contributed by atoms with van der Waals surface area (Å²) in [5.41, 5.74) is 1.48. The molecule has 2 aliphatic heterocycles. The minimum atomic E-state index is 0.174. The summed E-state index contributed by atoms with van der Waals surface area (Å²) in [6.07, 6.45) is 6.82. The molecule has 2 aliphatic rings. The van der Waals surface area contributed by atoms with Crippen molar-refractivity contribution in [2.24, 2.45) is 0 Å². The van der Waals surface area contributed by atoms with E-state index in [0.717, 1.165) is 18.7 Å². The molecule has 1 aromatic rings. The van der Waals surface area contributed by atoms with Gasteiger partial charge in [-0.15, -0.1) is 11.6 Å². The largest absolute Gasteiger partial charge is 0.351 e. The van der Waals surface area contributed by atoms with Crippen LogP contribution in [0.2, 0.25) is 0 Å². The van der Waals surface area contributed by atoms with Crippen LogP contribution in [0.3, 0.4) is 0 Å². The molecule has 2 unspecified atom stereocenters. The number of fused-ring (bicyclic) bond motifs is 2. The Bertz CT molecular complexity index is 435. The highest BCUT2D eigenvalue weighted by Gasteiger charge is 2.40. The first-order valence-electron chi connectivity index (χ1n) is 7.34. The molecule has 2 bridgehead atoms. The summed E-state index contributed by atoms with van der Waals surface area (Å²) >= 11 is 6.34. The first-order valence-corrected chi connectivity index (χ1v) is 7.78. The van der Waals surface area contributed by atoms with Crippen molar-refractivity contribution in [1.29, 1.82) is 0 Å². The number of hydrogen-bond acceptors (Lipinski definition) is 2. The Balaban J connectivity index is 1.84. The molecule has 0 aliphatic carbocycles. The zero-order valence-electron chi connectivity index (χ0n) is 12.1. The summed E-state index contributed by atoms with van der Waals surface area (Å²) in [6, 6.07) is 5.64. The maximum atomic E-state index is 6.34. The van der Waals surface area contributed by atoms with Crippen molar-refractivity contribution in [3.8, 4) is 0 Å². The first-order chi connectivity index (χ1) is 8.95. The molecule has 1 aromatic heterocycles. The number of alkyl halides is 1. The molecule has 0 amide bonds. The van der Waals surface area contributed by atoms with Crippen molar-refractivity contribution in [2.45, 2.75) is 69.3 Å². The predicted octanol–water partition coefficient (Wildman–Crippen LogP) is 4.12. The van der Waals surface area contributed by atoms with Crippen LogP contribution in [0.4, 0.5) is 5.82 Å². The number of anilines is 1. The molecule has 0 N–H and O–H groups in total. The van der Waals surface area contributed by atoms with Gasteiger partial charge in [-0.25, -0.2) is 4.98 Å². The van der Waals surface area contributed by atoms with Crippen molar-refractivity contribution in [3.63, 3.8) is 0 Å². The summed E-state index contributed by atoms with van der Waals surface area (Å²) < 4.78 is 0. The average molecular weight is 279 g/mol. The Hall–Kier alpha value is -0.760. The number of halogens is 1. The van der Waals surface area contributed by atoms with Crippen LogP contribution in [0, 0.1) is 0 Å². The van der Waals surface area contributed by atoms with E-state index in [9.17, 15) is 0 Å². The zero-order valence-corrected chi connectivity index (χ0v) is 12.8. The van der Waals surface area contributed by atoms with Crippen LogP contribution in [0.15, 0.2) is 18.3 Å². The van der Waals surface area contributed by atoms with Gasteiger partial charge < -0.3 is 4.90 Å². The summed E-state index contributed by atoms with van der Waals surface area (Å²) in [6.45, 7) is 6.69. The molecular weight excluding hydrogens is 256 g/mol. The van der Waals surface area contributed by atoms with E-state index in [1.807, 2.05) is 6.20 Å². The van der Waals surface area contributed by atoms with Gasteiger partial charge in [0.25, 0.3) is 0 Å². The number of nitrogens with zero attached hydrogens (tertiary/aromatic N) is 2. The molecule has 104 valence electrons. The van der Waals surface area contributed by atoms with E-state index >= 15 is 0 Å². The molecule has 3 rings (SSSR count). The number of pyridine rings is 1. The van der Waals surface area contributed by atoms with Gasteiger partial charge in [0.2, 0.25) is 0 Å². The van der Waals surface area contributed by atoms with Crippen molar-refractivity contribution in [1.82, 2.24) is 4.98 Å². The Labute approximate surface area is 121 Å². The SMILES string of the molecule is CC(C)(C)c1ccc(N2C3CCC2CC(Cl)C3)nc1. The standard InChI is InChI=1S/C16H23ClN2/c1-16(2,3)11-4-7-15(18-10-11)19-13-5-6-14(19)9-12(17)8-13/h4,7,10,12-14H,5-6,8-9H2,1-3H3. The quantitative estimate of drug-likeness (QED) is 0.719. The molecule has 0 spiro atoms. The van der Waals surface area contributed by atoms with Crippen LogP contribution < -0.4 is 4.90 Å². The van der Waals surface area contributed by atoms with E-state index in [1.165, 1.54) is 18.4 Å². The fourth-order valence-corrected chi connectivity index (χ4v) is 3.88. The van der Waals surface area contributed by atoms with Crippen LogP contribution in [-0.4, -0.2) is 22.4 Å². The highest BCUT2D eigenvalue weighted by Crippen LogP contribution is 2.40. The Morgan fingerprint density at radius 3 is 2.26 bits per heavy atom. The molecule has 0 aromatic carbocycles.